The minimum atomic E-state index is -0.140. The van der Waals surface area contributed by atoms with Gasteiger partial charge < -0.3 is 10.4 Å². The van der Waals surface area contributed by atoms with Gasteiger partial charge in [0.25, 0.3) is 0 Å². The summed E-state index contributed by atoms with van der Waals surface area (Å²) in [4.78, 5) is 4.06. The number of nitrogens with one attached hydrogen (secondary N) is 1. The number of aliphatic hydroxyl groups excluding tert-OH is 1. The molecule has 3 nitrogen and oxygen atoms in total. The summed E-state index contributed by atoms with van der Waals surface area (Å²) in [5, 5.41) is 12.9. The maximum Gasteiger partial charge on any atom is 0.0692 e. The predicted molar refractivity (Wildman–Crippen MR) is 59.5 cm³/mol. The zero-order valence-electron chi connectivity index (χ0n) is 8.89. The van der Waals surface area contributed by atoms with E-state index in [-0.39, 0.29) is 6.10 Å². The van der Waals surface area contributed by atoms with E-state index in [1.54, 1.807) is 6.20 Å². The van der Waals surface area contributed by atoms with Crippen molar-refractivity contribution in [1.29, 1.82) is 0 Å². The molecule has 0 aromatic carbocycles. The predicted octanol–water partition coefficient (Wildman–Crippen LogP) is 0.985. The van der Waals surface area contributed by atoms with Crippen molar-refractivity contribution in [2.45, 2.75) is 25.4 Å². The topological polar surface area (TPSA) is 45.1 Å². The number of nitrogens with zero attached hydrogens (tertiary/aromatic N) is 1. The molecular formula is C12H18N2O. The Morgan fingerprint density at radius 1 is 1.53 bits per heavy atom. The molecule has 0 aliphatic heterocycles. The highest BCUT2D eigenvalue weighted by Crippen LogP contribution is 2.32. The van der Waals surface area contributed by atoms with Crippen LogP contribution in [0.25, 0.3) is 0 Å². The fraction of sp³-hybridized carbons (Fsp3) is 0.583. The highest BCUT2D eigenvalue weighted by Gasteiger charge is 2.28. The number of rotatable bonds is 6. The zero-order valence-corrected chi connectivity index (χ0v) is 8.89. The second-order valence-corrected chi connectivity index (χ2v) is 4.22. The first-order valence-electron chi connectivity index (χ1n) is 5.64. The molecule has 1 aliphatic carbocycles. The van der Waals surface area contributed by atoms with E-state index in [0.29, 0.717) is 5.92 Å². The number of aliphatic hydroxyl groups is 1. The standard InChI is InChI=1S/C12H18N2O/c15-12(11-3-4-11)9-14-7-5-10-2-1-6-13-8-10/h1-2,6,8,11-12,14-15H,3-5,7,9H2. The molecular weight excluding hydrogens is 188 g/mol. The van der Waals surface area contributed by atoms with Crippen LogP contribution in [0.1, 0.15) is 18.4 Å². The van der Waals surface area contributed by atoms with Crippen LogP contribution in [0.4, 0.5) is 0 Å². The second-order valence-electron chi connectivity index (χ2n) is 4.22. The van der Waals surface area contributed by atoms with E-state index in [1.165, 1.54) is 18.4 Å². The summed E-state index contributed by atoms with van der Waals surface area (Å²) >= 11 is 0. The van der Waals surface area contributed by atoms with Crippen LogP contribution in [0.15, 0.2) is 24.5 Å². The Labute approximate surface area is 90.5 Å². The Kier molecular flexibility index (Phi) is 3.69. The van der Waals surface area contributed by atoms with Crippen molar-refractivity contribution in [1.82, 2.24) is 10.3 Å². The van der Waals surface area contributed by atoms with Crippen molar-refractivity contribution in [3.63, 3.8) is 0 Å². The first-order chi connectivity index (χ1) is 7.36. The molecule has 0 bridgehead atoms. The van der Waals surface area contributed by atoms with Gasteiger partial charge in [0, 0.05) is 18.9 Å². The van der Waals surface area contributed by atoms with E-state index in [0.717, 1.165) is 19.5 Å². The van der Waals surface area contributed by atoms with Gasteiger partial charge in [0.05, 0.1) is 6.10 Å². The van der Waals surface area contributed by atoms with Crippen molar-refractivity contribution >= 4 is 0 Å². The lowest BCUT2D eigenvalue weighted by Gasteiger charge is -2.10. The van der Waals surface area contributed by atoms with Crippen LogP contribution in [0.5, 0.6) is 0 Å². The van der Waals surface area contributed by atoms with Gasteiger partial charge in [0.15, 0.2) is 0 Å². The van der Waals surface area contributed by atoms with Gasteiger partial charge in [0.1, 0.15) is 0 Å². The molecule has 15 heavy (non-hydrogen) atoms. The van der Waals surface area contributed by atoms with Crippen molar-refractivity contribution in [2.75, 3.05) is 13.1 Å². The average molecular weight is 206 g/mol. The quantitative estimate of drug-likeness (QED) is 0.682. The van der Waals surface area contributed by atoms with E-state index in [4.69, 9.17) is 0 Å². The molecule has 0 spiro atoms. The SMILES string of the molecule is OC(CNCCc1cccnc1)C1CC1. The van der Waals surface area contributed by atoms with Crippen LogP contribution in [-0.4, -0.2) is 29.3 Å². The first kappa shape index (κ1) is 10.6. The number of hydrogen-bond donors (Lipinski definition) is 2. The summed E-state index contributed by atoms with van der Waals surface area (Å²) in [5.41, 5.74) is 1.24. The van der Waals surface area contributed by atoms with Crippen LogP contribution < -0.4 is 5.32 Å². The minimum absolute atomic E-state index is 0.140. The fourth-order valence-electron chi connectivity index (χ4n) is 1.68. The third-order valence-electron chi connectivity index (χ3n) is 2.83. The largest absolute Gasteiger partial charge is 0.392 e. The van der Waals surface area contributed by atoms with Gasteiger partial charge in [-0.25, -0.2) is 0 Å². The molecule has 1 aliphatic rings. The van der Waals surface area contributed by atoms with Crippen molar-refractivity contribution in [3.05, 3.63) is 30.1 Å². The zero-order chi connectivity index (χ0) is 10.5. The van der Waals surface area contributed by atoms with Crippen LogP contribution in [-0.2, 0) is 6.42 Å². The maximum absolute atomic E-state index is 9.61. The molecule has 0 radical (unpaired) electrons. The average Bonchev–Trinajstić information content (AvgIpc) is 3.09. The molecule has 1 atom stereocenters. The smallest absolute Gasteiger partial charge is 0.0692 e. The molecule has 1 saturated carbocycles. The summed E-state index contributed by atoms with van der Waals surface area (Å²) in [6.07, 6.45) is 6.91. The van der Waals surface area contributed by atoms with Crippen molar-refractivity contribution < 1.29 is 5.11 Å². The molecule has 82 valence electrons. The fourth-order valence-corrected chi connectivity index (χ4v) is 1.68. The lowest BCUT2D eigenvalue weighted by atomic mass is 10.2. The Morgan fingerprint density at radius 3 is 3.07 bits per heavy atom. The molecule has 1 fully saturated rings. The lowest BCUT2D eigenvalue weighted by Crippen LogP contribution is -2.29. The lowest BCUT2D eigenvalue weighted by molar-refractivity contribution is 0.149. The molecule has 1 aromatic rings. The van der Waals surface area contributed by atoms with Crippen LogP contribution in [0.3, 0.4) is 0 Å². The van der Waals surface area contributed by atoms with Gasteiger partial charge in [-0.2, -0.15) is 0 Å². The van der Waals surface area contributed by atoms with E-state index < -0.39 is 0 Å². The Hall–Kier alpha value is -0.930. The third-order valence-corrected chi connectivity index (χ3v) is 2.83. The van der Waals surface area contributed by atoms with E-state index in [9.17, 15) is 5.11 Å². The highest BCUT2D eigenvalue weighted by molar-refractivity contribution is 5.08. The third kappa shape index (κ3) is 3.61. The molecule has 2 N–H and O–H groups in total. The molecule has 1 aromatic heterocycles. The van der Waals surface area contributed by atoms with Crippen LogP contribution in [0.2, 0.25) is 0 Å². The van der Waals surface area contributed by atoms with Crippen LogP contribution >= 0.6 is 0 Å². The van der Waals surface area contributed by atoms with Gasteiger partial charge in [-0.05, 0) is 43.4 Å². The second kappa shape index (κ2) is 5.24. The molecule has 2 rings (SSSR count). The van der Waals surface area contributed by atoms with Gasteiger partial charge in [-0.15, -0.1) is 0 Å². The molecule has 3 heteroatoms. The van der Waals surface area contributed by atoms with Crippen molar-refractivity contribution in [3.8, 4) is 0 Å². The van der Waals surface area contributed by atoms with Gasteiger partial charge >= 0.3 is 0 Å². The molecule has 1 unspecified atom stereocenters. The number of aromatic nitrogens is 1. The summed E-state index contributed by atoms with van der Waals surface area (Å²) in [5.74, 6) is 0.566. The highest BCUT2D eigenvalue weighted by atomic mass is 16.3. The maximum atomic E-state index is 9.61. The Balaban J connectivity index is 1.58. The van der Waals surface area contributed by atoms with E-state index in [1.807, 2.05) is 12.3 Å². The molecule has 1 heterocycles. The monoisotopic (exact) mass is 206 g/mol. The first-order valence-corrected chi connectivity index (χ1v) is 5.64. The number of pyridine rings is 1. The summed E-state index contributed by atoms with van der Waals surface area (Å²) in [6.45, 7) is 1.64. The normalized spacial score (nSPS) is 17.7. The summed E-state index contributed by atoms with van der Waals surface area (Å²) in [6, 6.07) is 4.03. The van der Waals surface area contributed by atoms with Crippen LogP contribution in [0, 0.1) is 5.92 Å². The molecule has 0 amide bonds. The Morgan fingerprint density at radius 2 is 2.40 bits per heavy atom. The van der Waals surface area contributed by atoms with E-state index in [2.05, 4.69) is 16.4 Å². The minimum Gasteiger partial charge on any atom is -0.392 e. The molecule has 0 saturated heterocycles. The Bertz CT molecular complexity index is 285. The summed E-state index contributed by atoms with van der Waals surface area (Å²) < 4.78 is 0. The van der Waals surface area contributed by atoms with Gasteiger partial charge in [-0.1, -0.05) is 6.07 Å². The summed E-state index contributed by atoms with van der Waals surface area (Å²) in [7, 11) is 0. The van der Waals surface area contributed by atoms with Gasteiger partial charge in [-0.3, -0.25) is 4.98 Å². The van der Waals surface area contributed by atoms with E-state index >= 15 is 0 Å². The number of hydrogen-bond acceptors (Lipinski definition) is 3. The van der Waals surface area contributed by atoms with Gasteiger partial charge in [0.2, 0.25) is 0 Å². The van der Waals surface area contributed by atoms with Crippen molar-refractivity contribution in [2.24, 2.45) is 5.92 Å².